The Bertz CT molecular complexity index is 76.5. The van der Waals surface area contributed by atoms with E-state index in [4.69, 9.17) is 58.0 Å². The summed E-state index contributed by atoms with van der Waals surface area (Å²) in [6.45, 7) is 1.48. The van der Waals surface area contributed by atoms with Crippen molar-refractivity contribution in [2.75, 3.05) is 5.88 Å². The van der Waals surface area contributed by atoms with Gasteiger partial charge in [0.05, 0.1) is 0 Å². The van der Waals surface area contributed by atoms with Gasteiger partial charge in [-0.25, -0.2) is 0 Å². The molecule has 0 unspecified atom stereocenters. The Morgan fingerprint density at radius 3 is 1.60 bits per heavy atom. The second kappa shape index (κ2) is 8.29. The van der Waals surface area contributed by atoms with Crippen molar-refractivity contribution >= 4 is 58.0 Å². The quantitative estimate of drug-likeness (QED) is 0.601. The van der Waals surface area contributed by atoms with Crippen LogP contribution in [0.25, 0.3) is 0 Å². The zero-order chi connectivity index (χ0) is 8.62. The van der Waals surface area contributed by atoms with E-state index in [0.29, 0.717) is 5.88 Å². The van der Waals surface area contributed by atoms with Crippen molar-refractivity contribution in [3.63, 3.8) is 0 Å². The lowest BCUT2D eigenvalue weighted by atomic mass is 10.8. The van der Waals surface area contributed by atoms with Gasteiger partial charge in [-0.3, -0.25) is 0 Å². The van der Waals surface area contributed by atoms with Crippen molar-refractivity contribution in [1.29, 1.82) is 0 Å². The molecule has 0 rings (SSSR count). The van der Waals surface area contributed by atoms with E-state index in [2.05, 4.69) is 0 Å². The van der Waals surface area contributed by atoms with Crippen molar-refractivity contribution in [2.24, 2.45) is 0 Å². The van der Waals surface area contributed by atoms with E-state index in [1.807, 2.05) is 0 Å². The first-order chi connectivity index (χ1) is 4.41. The van der Waals surface area contributed by atoms with E-state index in [1.165, 1.54) is 12.5 Å². The molecule has 0 atom stereocenters. The Morgan fingerprint density at radius 2 is 1.60 bits per heavy atom. The average molecular weight is 244 g/mol. The van der Waals surface area contributed by atoms with Gasteiger partial charge in [-0.2, -0.15) is 0 Å². The number of hydrogen-bond donors (Lipinski definition) is 0. The van der Waals surface area contributed by atoms with Crippen LogP contribution >= 0.6 is 58.0 Å². The molecule has 10 heavy (non-hydrogen) atoms. The third-order valence-corrected chi connectivity index (χ3v) is 0.535. The molecule has 0 fully saturated rings. The summed E-state index contributed by atoms with van der Waals surface area (Å²) >= 11 is 25.3. The maximum absolute atomic E-state index is 5.13. The maximum Gasteiger partial charge on any atom is 0.187 e. The first kappa shape index (κ1) is 13.8. The SMILES string of the molecule is CC(Cl)(Cl)Cl.ClC=CCCl. The second-order valence-electron chi connectivity index (χ2n) is 1.30. The van der Waals surface area contributed by atoms with Crippen molar-refractivity contribution in [3.8, 4) is 0 Å². The highest BCUT2D eigenvalue weighted by Gasteiger charge is 2.07. The second-order valence-corrected chi connectivity index (χ2v) is 4.71. The molecule has 62 valence electrons. The summed E-state index contributed by atoms with van der Waals surface area (Å²) in [5.74, 6) is 0.503. The van der Waals surface area contributed by atoms with Crippen molar-refractivity contribution < 1.29 is 0 Å². The van der Waals surface area contributed by atoms with Crippen molar-refractivity contribution in [3.05, 3.63) is 11.6 Å². The van der Waals surface area contributed by atoms with Gasteiger partial charge in [0, 0.05) is 11.4 Å². The monoisotopic (exact) mass is 242 g/mol. The lowest BCUT2D eigenvalue weighted by Crippen LogP contribution is -1.87. The molecule has 0 heterocycles. The minimum absolute atomic E-state index is 0.503. The number of halogens is 5. The highest BCUT2D eigenvalue weighted by Crippen LogP contribution is 2.23. The minimum atomic E-state index is -1.08. The summed E-state index contributed by atoms with van der Waals surface area (Å²) in [4.78, 5) is 0. The molecular weight excluding hydrogens is 237 g/mol. The Labute approximate surface area is 86.0 Å². The Morgan fingerprint density at radius 1 is 1.30 bits per heavy atom. The summed E-state index contributed by atoms with van der Waals surface area (Å²) in [5.41, 5.74) is 1.40. The summed E-state index contributed by atoms with van der Waals surface area (Å²) in [5, 5.41) is 0. The van der Waals surface area contributed by atoms with Crippen LogP contribution in [0.4, 0.5) is 0 Å². The van der Waals surface area contributed by atoms with Gasteiger partial charge in [0.2, 0.25) is 0 Å². The summed E-state index contributed by atoms with van der Waals surface area (Å²) in [6, 6.07) is 0. The van der Waals surface area contributed by atoms with Crippen LogP contribution in [-0.4, -0.2) is 9.67 Å². The van der Waals surface area contributed by atoms with Gasteiger partial charge < -0.3 is 0 Å². The Hall–Kier alpha value is 1.19. The smallest absolute Gasteiger partial charge is 0.122 e. The third-order valence-electron chi connectivity index (χ3n) is 0.178. The molecule has 0 N–H and O–H groups in total. The van der Waals surface area contributed by atoms with Crippen LogP contribution < -0.4 is 0 Å². The summed E-state index contributed by atoms with van der Waals surface area (Å²) in [7, 11) is 0. The van der Waals surface area contributed by atoms with Gasteiger partial charge in [-0.15, -0.1) is 11.6 Å². The molecule has 0 amide bonds. The van der Waals surface area contributed by atoms with Crippen LogP contribution in [0.3, 0.4) is 0 Å². The summed E-state index contributed by atoms with van der Waals surface area (Å²) in [6.07, 6.45) is 1.66. The van der Waals surface area contributed by atoms with E-state index in [-0.39, 0.29) is 0 Å². The number of hydrogen-bond acceptors (Lipinski definition) is 0. The fraction of sp³-hybridized carbons (Fsp3) is 0.600. The molecule has 0 aliphatic rings. The van der Waals surface area contributed by atoms with Crippen LogP contribution in [0, 0.1) is 0 Å². The molecule has 0 aromatic rings. The summed E-state index contributed by atoms with van der Waals surface area (Å²) < 4.78 is -1.08. The van der Waals surface area contributed by atoms with E-state index in [1.54, 1.807) is 6.08 Å². The lowest BCUT2D eigenvalue weighted by Gasteiger charge is -1.94. The largest absolute Gasteiger partial charge is 0.187 e. The van der Waals surface area contributed by atoms with Crippen molar-refractivity contribution in [1.82, 2.24) is 0 Å². The topological polar surface area (TPSA) is 0 Å². The predicted octanol–water partition coefficient (Wildman–Crippen LogP) is 4.35. The standard InChI is InChI=1S/C3H4Cl2.C2H3Cl3/c4-2-1-3-5;1-2(3,4)5/h1-2H,3H2;1H3. The molecule has 0 aromatic heterocycles. The number of rotatable bonds is 1. The van der Waals surface area contributed by atoms with Crippen LogP contribution in [-0.2, 0) is 0 Å². The molecule has 0 spiro atoms. The molecule has 0 bridgehead atoms. The Kier molecular flexibility index (Phi) is 11.4. The highest BCUT2D eigenvalue weighted by molar-refractivity contribution is 6.67. The first-order valence-corrected chi connectivity index (χ1v) is 4.40. The zero-order valence-corrected chi connectivity index (χ0v) is 9.03. The molecule has 0 aromatic carbocycles. The molecule has 5 heteroatoms. The van der Waals surface area contributed by atoms with Crippen LogP contribution in [0.5, 0.6) is 0 Å². The fourth-order valence-corrected chi connectivity index (χ4v) is 0.303. The average Bonchev–Trinajstić information content (AvgIpc) is 1.63. The third kappa shape index (κ3) is 60.6. The molecule has 0 nitrogen and oxygen atoms in total. The van der Waals surface area contributed by atoms with Crippen LogP contribution in [0.1, 0.15) is 6.92 Å². The van der Waals surface area contributed by atoms with E-state index in [9.17, 15) is 0 Å². The lowest BCUT2D eigenvalue weighted by molar-refractivity contribution is 1.27. The van der Waals surface area contributed by atoms with E-state index >= 15 is 0 Å². The van der Waals surface area contributed by atoms with Gasteiger partial charge in [-0.05, 0) is 6.92 Å². The molecular formula is C5H7Cl5. The zero-order valence-electron chi connectivity index (χ0n) is 5.25. The minimum Gasteiger partial charge on any atom is -0.122 e. The van der Waals surface area contributed by atoms with Gasteiger partial charge in [0.25, 0.3) is 0 Å². The number of allylic oxidation sites excluding steroid dienone is 1. The maximum atomic E-state index is 5.13. The molecule has 0 aliphatic carbocycles. The van der Waals surface area contributed by atoms with Crippen LogP contribution in [0.2, 0.25) is 0 Å². The fourth-order valence-electron chi connectivity index (χ4n) is 0.0337. The van der Waals surface area contributed by atoms with Gasteiger partial charge >= 0.3 is 0 Å². The predicted molar refractivity (Wildman–Crippen MR) is 51.7 cm³/mol. The molecule has 0 saturated heterocycles. The molecule has 0 aliphatic heterocycles. The highest BCUT2D eigenvalue weighted by atomic mass is 35.6. The van der Waals surface area contributed by atoms with E-state index < -0.39 is 3.79 Å². The van der Waals surface area contributed by atoms with Gasteiger partial charge in [-0.1, -0.05) is 52.5 Å². The molecule has 0 radical (unpaired) electrons. The first-order valence-electron chi connectivity index (χ1n) is 2.29. The number of alkyl halides is 4. The van der Waals surface area contributed by atoms with Crippen molar-refractivity contribution in [2.45, 2.75) is 10.7 Å². The van der Waals surface area contributed by atoms with E-state index in [0.717, 1.165) is 0 Å². The Balaban J connectivity index is 0. The van der Waals surface area contributed by atoms with Gasteiger partial charge in [0.1, 0.15) is 0 Å². The molecule has 0 saturated carbocycles. The normalized spacial score (nSPS) is 11.0. The van der Waals surface area contributed by atoms with Gasteiger partial charge in [0.15, 0.2) is 3.79 Å². The van der Waals surface area contributed by atoms with Crippen LogP contribution in [0.15, 0.2) is 11.6 Å².